The zero-order valence-electron chi connectivity index (χ0n) is 72.2. The van der Waals surface area contributed by atoms with Crippen molar-refractivity contribution in [3.63, 3.8) is 0 Å². The van der Waals surface area contributed by atoms with E-state index in [0.29, 0.717) is 99.1 Å². The molecule has 3 aliphatic heterocycles. The highest BCUT2D eigenvalue weighted by Gasteiger charge is 2.25. The van der Waals surface area contributed by atoms with Gasteiger partial charge >= 0.3 is 0 Å². The third kappa shape index (κ3) is 14.8. The topological polar surface area (TPSA) is 207 Å². The van der Waals surface area contributed by atoms with E-state index < -0.39 is 176 Å². The number of thiazole rings is 1. The summed E-state index contributed by atoms with van der Waals surface area (Å²) in [6.45, 7) is -21.3. The minimum Gasteiger partial charge on any atom is -0.366 e. The van der Waals surface area contributed by atoms with Crippen molar-refractivity contribution in [2.45, 2.75) is 75.9 Å². The van der Waals surface area contributed by atoms with Gasteiger partial charge in [0, 0.05) is 104 Å². The van der Waals surface area contributed by atoms with Crippen LogP contribution in [0, 0.1) is 51.4 Å². The van der Waals surface area contributed by atoms with Crippen LogP contribution < -0.4 is 15.9 Å². The standard InChI is InChI=1S/2C19H17ClFN5S.C18H16ClFN6S/c2*20-17-8-16-18(27-17)19(24-11-23-16)25-14-3-5-26(6-4-14)10-12-1-2-15(21)13(7-12)9-22;19-18-25-15-16(22-10-23-17(15)27-18)24-13-3-5-26(6-4-13)9-11-1-2-14(20)12(7-11)8-21/h2*1-2,7-8,11,14H,3-6,10H2,(H,23,24,25);1-2,7,10,13H,3-6,9H2,(H,22,23,24)/i2D,3D2,4D2,5D2,6D2,8D,10D2,11D,14D;2D,3D2,4D2,5D2,6D2,8D,10D,11D,14D;2D,9D/hD3. The van der Waals surface area contributed by atoms with E-state index in [4.69, 9.17) is 84.1 Å². The van der Waals surface area contributed by atoms with Gasteiger partial charge in [0.15, 0.2) is 14.5 Å². The van der Waals surface area contributed by atoms with Crippen LogP contribution >= 0.6 is 68.8 Å². The molecule has 9 aromatic rings. The van der Waals surface area contributed by atoms with Crippen LogP contribution in [0.25, 0.3) is 30.8 Å². The van der Waals surface area contributed by atoms with E-state index in [9.17, 15) is 23.7 Å². The Morgan fingerprint density at radius 2 is 1.12 bits per heavy atom. The lowest BCUT2D eigenvalue weighted by Crippen LogP contribution is -2.38. The zero-order chi connectivity index (χ0) is 84.8. The van der Waals surface area contributed by atoms with Gasteiger partial charge in [0.2, 0.25) is 0 Å². The second-order valence-corrected chi connectivity index (χ2v) is 20.9. The Kier molecular flexibility index (Phi) is 9.89. The van der Waals surface area contributed by atoms with Gasteiger partial charge in [-0.2, -0.15) is 15.8 Å². The van der Waals surface area contributed by atoms with Crippen LogP contribution in [0.15, 0.2) is 85.5 Å². The molecule has 9 heterocycles. The normalized spacial score (nSPS) is 28.2. The summed E-state index contributed by atoms with van der Waals surface area (Å²) >= 11 is 20.3. The third-order valence-corrected chi connectivity index (χ3v) is 14.2. The smallest absolute Gasteiger partial charge is 0.186 e. The fourth-order valence-electron chi connectivity index (χ4n) is 7.14. The van der Waals surface area contributed by atoms with Crippen LogP contribution in [0.4, 0.5) is 30.6 Å². The van der Waals surface area contributed by atoms with Crippen LogP contribution in [-0.2, 0) is 19.5 Å². The molecule has 0 bridgehead atoms. The number of thiophene rings is 2. The van der Waals surface area contributed by atoms with E-state index in [1.54, 1.807) is 6.07 Å². The van der Waals surface area contributed by atoms with Crippen molar-refractivity contribution >= 4 is 117 Å². The first-order chi connectivity index (χ1) is 51.9. The van der Waals surface area contributed by atoms with Gasteiger partial charge in [-0.1, -0.05) is 64.3 Å². The quantitative estimate of drug-likeness (QED) is 0.104. The van der Waals surface area contributed by atoms with Gasteiger partial charge in [-0.05, 0) is 103 Å². The van der Waals surface area contributed by atoms with Crippen LogP contribution in [0.1, 0.15) is 111 Å². The minimum absolute atomic E-state index is 0.123. The third-order valence-electron chi connectivity index (χ3n) is 10.8. The number of hydrogen-bond acceptors (Lipinski definition) is 19. The highest BCUT2D eigenvalue weighted by molar-refractivity contribution is 7.23. The second-order valence-electron chi connectivity index (χ2n) is 16.1. The van der Waals surface area contributed by atoms with Crippen molar-refractivity contribution in [1.29, 1.82) is 15.8 Å². The molecule has 3 fully saturated rings. The lowest BCUT2D eigenvalue weighted by molar-refractivity contribution is 0.211. The number of nitrogens with one attached hydrogen (secondary N) is 3. The van der Waals surface area contributed by atoms with E-state index in [2.05, 4.69) is 34.9 Å². The molecule has 0 radical (unpaired) electrons. The maximum absolute atomic E-state index is 14.2. The Balaban J connectivity index is 0.000000182. The number of halogens is 6. The molecule has 0 spiro atoms. The first-order valence-electron chi connectivity index (χ1n) is 38.7. The molecule has 81 heavy (non-hydrogen) atoms. The number of fused-ring (bicyclic) bond motifs is 3. The molecular weight excluding hydrogens is 1160 g/mol. The number of piperidine rings is 3. The molecule has 414 valence electrons. The molecule has 3 saturated heterocycles. The average molecular weight is 1240 g/mol. The predicted molar refractivity (Wildman–Crippen MR) is 314 cm³/mol. The summed E-state index contributed by atoms with van der Waals surface area (Å²) in [5.41, 5.74) is -2.98. The van der Waals surface area contributed by atoms with Crippen molar-refractivity contribution in [2.24, 2.45) is 0 Å². The molecule has 12 rings (SSSR count). The number of nitriles is 3. The SMILES string of the molecule is [2H]c1cc(C([2H])N2CCC(N([2H])c3ncnc4sc(Cl)nc34)CC2)cc(C#N)c1F.[2H]c1nc(N([2H])C2([2H])C([2H])([2H])C([2H])([2H])N(C([2H])([2H])c3cc([2H])c(F)c(C#N)c3)C([2H])([2H])C2([2H])[2H])c2sc(Cl)c([2H])c2n1.[2H]c1nc(N([2H])C2([2H])C([2H])([2H])C([2H])([2H])N(C([2H])c3cc([2H])c(F)c(C#N)c3)C([2H])([2H])C2([2H])[2H])c2sc(Cl)c([2H])c2n1. The van der Waals surface area contributed by atoms with Gasteiger partial charge in [0.05, 0.1) is 55.4 Å². The van der Waals surface area contributed by atoms with E-state index in [1.807, 2.05) is 4.90 Å². The number of likely N-dealkylation sites (tertiary alicyclic amines) is 3. The number of aromatic nitrogens is 7. The number of benzene rings is 3. The fraction of sp³-hybridized carbons (Fsp3) is 0.321. The molecule has 6 aromatic heterocycles. The lowest BCUT2D eigenvalue weighted by atomic mass is 10.0. The summed E-state index contributed by atoms with van der Waals surface area (Å²) < 4.78 is 312. The minimum atomic E-state index is -4.03. The molecule has 2 atom stereocenters. The summed E-state index contributed by atoms with van der Waals surface area (Å²) in [6, 6.07) is -1.45. The first kappa shape index (κ1) is 29.9. The highest BCUT2D eigenvalue weighted by atomic mass is 35.5. The van der Waals surface area contributed by atoms with Crippen LogP contribution in [0.5, 0.6) is 0 Å². The maximum Gasteiger partial charge on any atom is 0.186 e. The van der Waals surface area contributed by atoms with Crippen LogP contribution in [0.2, 0.25) is 17.4 Å². The maximum atomic E-state index is 14.2. The summed E-state index contributed by atoms with van der Waals surface area (Å²) in [5.74, 6) is -4.78. The van der Waals surface area contributed by atoms with Gasteiger partial charge in [-0.3, -0.25) is 14.7 Å². The average Bonchev–Trinajstić information content (AvgIpc) is 1.11. The number of hydrogen-bond donors (Lipinski definition) is 3. The Morgan fingerprint density at radius 1 is 0.642 bits per heavy atom. The fourth-order valence-corrected chi connectivity index (χ4v) is 10.1. The monoisotopic (exact) mass is 1240 g/mol. The molecule has 3 N–H and O–H groups in total. The summed E-state index contributed by atoms with van der Waals surface area (Å²) in [4.78, 5) is 29.2. The molecular formula is C56H50Cl3F3N16S3. The van der Waals surface area contributed by atoms with Gasteiger partial charge in [0.25, 0.3) is 0 Å². The predicted octanol–water partition coefficient (Wildman–Crippen LogP) is 12.7. The Labute approximate surface area is 537 Å². The molecule has 25 heteroatoms. The van der Waals surface area contributed by atoms with Crippen molar-refractivity contribution in [2.75, 3.05) is 55.0 Å². The van der Waals surface area contributed by atoms with Crippen LogP contribution in [-0.4, -0.2) is 107 Å². The molecule has 2 unspecified atom stereocenters. The molecule has 0 amide bonds. The van der Waals surface area contributed by atoms with Gasteiger partial charge in [-0.15, -0.1) is 22.7 Å². The van der Waals surface area contributed by atoms with Crippen molar-refractivity contribution in [3.05, 3.63) is 150 Å². The van der Waals surface area contributed by atoms with Gasteiger partial charge in [-0.25, -0.2) is 48.1 Å². The van der Waals surface area contributed by atoms with E-state index in [1.165, 1.54) is 47.2 Å². The second kappa shape index (κ2) is 26.8. The number of nitrogens with zero attached hydrogens (tertiary/aromatic N) is 13. The molecule has 3 aliphatic rings. The van der Waals surface area contributed by atoms with E-state index in [-0.39, 0.29) is 62.3 Å². The summed E-state index contributed by atoms with van der Waals surface area (Å²) in [7, 11) is 0. The number of anilines is 3. The molecule has 0 saturated carbocycles. The zero-order valence-corrected chi connectivity index (χ0v) is 45.0. The molecule has 0 aliphatic carbocycles. The largest absolute Gasteiger partial charge is 0.366 e. The Hall–Kier alpha value is -6.88. The Bertz CT molecular complexity index is 5380. The van der Waals surface area contributed by atoms with Crippen molar-refractivity contribution in [3.8, 4) is 18.2 Å². The lowest BCUT2D eigenvalue weighted by Gasteiger charge is -2.32. The van der Waals surface area contributed by atoms with Gasteiger partial charge in [0.1, 0.15) is 79.3 Å². The summed E-state index contributed by atoms with van der Waals surface area (Å²) in [5, 5.41) is 28.2. The summed E-state index contributed by atoms with van der Waals surface area (Å²) in [6.07, 6.45) is -14.9. The van der Waals surface area contributed by atoms with Crippen molar-refractivity contribution in [1.82, 2.24) is 49.6 Å². The molecule has 16 nitrogen and oxygen atoms in total. The number of rotatable bonds is 12. The van der Waals surface area contributed by atoms with E-state index >= 15 is 0 Å². The Morgan fingerprint density at radius 3 is 1.64 bits per heavy atom. The highest BCUT2D eigenvalue weighted by Crippen LogP contribution is 2.35. The van der Waals surface area contributed by atoms with Gasteiger partial charge < -0.3 is 15.9 Å². The first-order valence-corrected chi connectivity index (χ1v) is 26.3. The van der Waals surface area contributed by atoms with Crippen molar-refractivity contribution < 1.29 is 57.2 Å². The van der Waals surface area contributed by atoms with E-state index in [0.717, 1.165) is 0 Å². The van der Waals surface area contributed by atoms with Crippen LogP contribution in [0.3, 0.4) is 0 Å². The molecule has 3 aromatic carbocycles.